The van der Waals surface area contributed by atoms with Crippen molar-refractivity contribution >= 4 is 11.8 Å². The van der Waals surface area contributed by atoms with Crippen LogP contribution in [0, 0.1) is 12.7 Å². The molecule has 0 radical (unpaired) electrons. The molecule has 0 bridgehead atoms. The molecular weight excluding hydrogens is 377 g/mol. The maximum atomic E-state index is 13.5. The average molecular weight is 401 g/mol. The fourth-order valence-corrected chi connectivity index (χ4v) is 3.15. The SMILES string of the molecule is CCO[C@H]1C[C@@H]1NC(=O)c1cc(C(=O)NC)c(=O)n(Cc2ccc(F)c(C)c2)c1. The van der Waals surface area contributed by atoms with Crippen LogP contribution in [0.2, 0.25) is 0 Å². The van der Waals surface area contributed by atoms with E-state index >= 15 is 0 Å². The van der Waals surface area contributed by atoms with Crippen LogP contribution in [0.15, 0.2) is 35.3 Å². The minimum absolute atomic E-state index is 0.00421. The maximum Gasteiger partial charge on any atom is 0.263 e. The Kier molecular flexibility index (Phi) is 6.12. The van der Waals surface area contributed by atoms with Gasteiger partial charge in [0.15, 0.2) is 0 Å². The number of nitrogens with zero attached hydrogens (tertiary/aromatic N) is 1. The van der Waals surface area contributed by atoms with E-state index in [4.69, 9.17) is 4.74 Å². The minimum Gasteiger partial charge on any atom is -0.376 e. The first-order valence-electron chi connectivity index (χ1n) is 9.48. The van der Waals surface area contributed by atoms with Crippen molar-refractivity contribution in [3.8, 4) is 0 Å². The van der Waals surface area contributed by atoms with E-state index in [-0.39, 0.29) is 41.5 Å². The lowest BCUT2D eigenvalue weighted by atomic mass is 10.1. The number of ether oxygens (including phenoxy) is 1. The van der Waals surface area contributed by atoms with E-state index in [0.717, 1.165) is 6.42 Å². The summed E-state index contributed by atoms with van der Waals surface area (Å²) >= 11 is 0. The molecule has 1 heterocycles. The van der Waals surface area contributed by atoms with Crippen LogP contribution in [0.5, 0.6) is 0 Å². The Labute approximate surface area is 167 Å². The fourth-order valence-electron chi connectivity index (χ4n) is 3.15. The van der Waals surface area contributed by atoms with E-state index in [2.05, 4.69) is 10.6 Å². The number of aryl methyl sites for hydroxylation is 1. The Balaban J connectivity index is 1.91. The number of carbonyl (C=O) groups excluding carboxylic acids is 2. The van der Waals surface area contributed by atoms with Gasteiger partial charge in [0.05, 0.1) is 24.3 Å². The summed E-state index contributed by atoms with van der Waals surface area (Å²) in [7, 11) is 1.42. The van der Waals surface area contributed by atoms with Crippen molar-refractivity contribution in [3.05, 3.63) is 68.9 Å². The van der Waals surface area contributed by atoms with E-state index in [1.165, 1.54) is 29.9 Å². The van der Waals surface area contributed by atoms with Crippen LogP contribution in [0.3, 0.4) is 0 Å². The van der Waals surface area contributed by atoms with Gasteiger partial charge in [0, 0.05) is 19.9 Å². The molecule has 1 aliphatic carbocycles. The van der Waals surface area contributed by atoms with Crippen molar-refractivity contribution < 1.29 is 18.7 Å². The summed E-state index contributed by atoms with van der Waals surface area (Å²) in [5.74, 6) is -1.30. The molecule has 1 aliphatic rings. The largest absolute Gasteiger partial charge is 0.376 e. The number of benzene rings is 1. The van der Waals surface area contributed by atoms with Gasteiger partial charge in [-0.1, -0.05) is 12.1 Å². The zero-order valence-electron chi connectivity index (χ0n) is 16.6. The minimum atomic E-state index is -0.577. The standard InChI is InChI=1S/C21H24FN3O4/c1-4-29-18-9-17(18)24-19(26)14-8-15(20(27)23-3)21(28)25(11-14)10-13-5-6-16(22)12(2)7-13/h5-8,11,17-18H,4,9-10H2,1-3H3,(H,23,27)(H,24,26)/t17-,18-/m0/s1. The summed E-state index contributed by atoms with van der Waals surface area (Å²) < 4.78 is 20.3. The van der Waals surface area contributed by atoms with Gasteiger partial charge in [-0.25, -0.2) is 4.39 Å². The highest BCUT2D eigenvalue weighted by molar-refractivity contribution is 5.99. The summed E-state index contributed by atoms with van der Waals surface area (Å²) in [5, 5.41) is 5.27. The van der Waals surface area contributed by atoms with Crippen molar-refractivity contribution in [2.24, 2.45) is 0 Å². The molecular formula is C21H24FN3O4. The molecule has 1 fully saturated rings. The van der Waals surface area contributed by atoms with Crippen LogP contribution in [-0.4, -0.2) is 42.2 Å². The number of pyridine rings is 1. The van der Waals surface area contributed by atoms with Gasteiger partial charge >= 0.3 is 0 Å². The highest BCUT2D eigenvalue weighted by Gasteiger charge is 2.39. The van der Waals surface area contributed by atoms with Crippen LogP contribution in [0.25, 0.3) is 0 Å². The maximum absolute atomic E-state index is 13.5. The first-order valence-corrected chi connectivity index (χ1v) is 9.48. The molecule has 0 spiro atoms. The number of nitrogens with one attached hydrogen (secondary N) is 2. The first-order chi connectivity index (χ1) is 13.8. The molecule has 2 atom stereocenters. The number of hydrogen-bond acceptors (Lipinski definition) is 4. The number of carbonyl (C=O) groups is 2. The summed E-state index contributed by atoms with van der Waals surface area (Å²) in [5.41, 5.74) is 0.679. The van der Waals surface area contributed by atoms with E-state index in [0.29, 0.717) is 17.7 Å². The van der Waals surface area contributed by atoms with Crippen molar-refractivity contribution in [3.63, 3.8) is 0 Å². The normalized spacial score (nSPS) is 17.7. The smallest absolute Gasteiger partial charge is 0.263 e. The summed E-state index contributed by atoms with van der Waals surface area (Å²) in [6.07, 6.45) is 2.15. The van der Waals surface area contributed by atoms with Crippen molar-refractivity contribution in [2.45, 2.75) is 39.0 Å². The van der Waals surface area contributed by atoms with Gasteiger partial charge in [0.2, 0.25) is 0 Å². The highest BCUT2D eigenvalue weighted by Crippen LogP contribution is 2.25. The van der Waals surface area contributed by atoms with Gasteiger partial charge in [-0.05, 0) is 43.5 Å². The number of hydrogen-bond donors (Lipinski definition) is 2. The van der Waals surface area contributed by atoms with Crippen LogP contribution in [-0.2, 0) is 11.3 Å². The Bertz CT molecular complexity index is 1000. The average Bonchev–Trinajstić information content (AvgIpc) is 3.43. The van der Waals surface area contributed by atoms with E-state index < -0.39 is 11.5 Å². The lowest BCUT2D eigenvalue weighted by Crippen LogP contribution is -2.35. The van der Waals surface area contributed by atoms with E-state index in [1.807, 2.05) is 6.92 Å². The van der Waals surface area contributed by atoms with Crippen LogP contribution in [0.1, 0.15) is 45.2 Å². The third-order valence-corrected chi connectivity index (χ3v) is 4.82. The van der Waals surface area contributed by atoms with Gasteiger partial charge in [-0.2, -0.15) is 0 Å². The molecule has 1 aromatic heterocycles. The third kappa shape index (κ3) is 4.71. The quantitative estimate of drug-likeness (QED) is 0.738. The molecule has 1 saturated carbocycles. The predicted molar refractivity (Wildman–Crippen MR) is 106 cm³/mol. The molecule has 154 valence electrons. The van der Waals surface area contributed by atoms with Gasteiger partial charge in [0.1, 0.15) is 11.4 Å². The zero-order chi connectivity index (χ0) is 21.1. The number of halogens is 1. The molecule has 0 saturated heterocycles. The number of amides is 2. The van der Waals surface area contributed by atoms with Gasteiger partial charge in [-0.15, -0.1) is 0 Å². The fraction of sp³-hybridized carbons (Fsp3) is 0.381. The molecule has 29 heavy (non-hydrogen) atoms. The van der Waals surface area contributed by atoms with Gasteiger partial charge < -0.3 is 19.9 Å². The van der Waals surface area contributed by atoms with Crippen molar-refractivity contribution in [1.82, 2.24) is 15.2 Å². The monoisotopic (exact) mass is 401 g/mol. The van der Waals surface area contributed by atoms with Gasteiger partial charge in [-0.3, -0.25) is 14.4 Å². The molecule has 2 amide bonds. The molecule has 1 aromatic carbocycles. The number of rotatable bonds is 7. The highest BCUT2D eigenvalue weighted by atomic mass is 19.1. The van der Waals surface area contributed by atoms with E-state index in [9.17, 15) is 18.8 Å². The molecule has 3 rings (SSSR count). The van der Waals surface area contributed by atoms with Crippen molar-refractivity contribution in [2.75, 3.05) is 13.7 Å². The Morgan fingerprint density at radius 3 is 2.69 bits per heavy atom. The molecule has 0 unspecified atom stereocenters. The molecule has 2 N–H and O–H groups in total. The zero-order valence-corrected chi connectivity index (χ0v) is 16.6. The van der Waals surface area contributed by atoms with Crippen LogP contribution < -0.4 is 16.2 Å². The summed E-state index contributed by atoms with van der Waals surface area (Å²) in [4.78, 5) is 37.6. The molecule has 8 heteroatoms. The second-order valence-corrected chi connectivity index (χ2v) is 7.05. The second-order valence-electron chi connectivity index (χ2n) is 7.05. The molecule has 2 aromatic rings. The van der Waals surface area contributed by atoms with Crippen LogP contribution in [0.4, 0.5) is 4.39 Å². The Hall–Kier alpha value is -3.00. The first kappa shape index (κ1) is 20.7. The third-order valence-electron chi connectivity index (χ3n) is 4.82. The number of aromatic nitrogens is 1. The Morgan fingerprint density at radius 2 is 2.03 bits per heavy atom. The summed E-state index contributed by atoms with van der Waals surface area (Å²) in [6, 6.07) is 5.74. The Morgan fingerprint density at radius 1 is 1.28 bits per heavy atom. The second kappa shape index (κ2) is 8.57. The van der Waals surface area contributed by atoms with Crippen LogP contribution >= 0.6 is 0 Å². The molecule has 0 aliphatic heterocycles. The summed E-state index contributed by atoms with van der Waals surface area (Å²) in [6.45, 7) is 4.20. The topological polar surface area (TPSA) is 89.4 Å². The predicted octanol–water partition coefficient (Wildman–Crippen LogP) is 1.61. The molecule has 7 nitrogen and oxygen atoms in total. The lowest BCUT2D eigenvalue weighted by Gasteiger charge is -2.12. The van der Waals surface area contributed by atoms with E-state index in [1.54, 1.807) is 19.1 Å². The lowest BCUT2D eigenvalue weighted by molar-refractivity contribution is 0.0914. The van der Waals surface area contributed by atoms with Gasteiger partial charge in [0.25, 0.3) is 17.4 Å². The van der Waals surface area contributed by atoms with Crippen molar-refractivity contribution in [1.29, 1.82) is 0 Å².